The fourth-order valence-corrected chi connectivity index (χ4v) is 0.777. The number of ether oxygens (including phenoxy) is 1. The van der Waals surface area contributed by atoms with Crippen LogP contribution in [0.4, 0.5) is 0 Å². The summed E-state index contributed by atoms with van der Waals surface area (Å²) < 4.78 is 14.2. The molecule has 0 atom stereocenters. The predicted octanol–water partition coefficient (Wildman–Crippen LogP) is 1.30. The highest BCUT2D eigenvalue weighted by Gasteiger charge is 1.96. The van der Waals surface area contributed by atoms with E-state index in [2.05, 4.69) is 4.74 Å². The maximum absolute atomic E-state index is 10.6. The molecule has 1 rings (SSSR count). The van der Waals surface area contributed by atoms with Gasteiger partial charge in [0, 0.05) is 0 Å². The molecule has 77 valence electrons. The molecule has 1 aromatic rings. The van der Waals surface area contributed by atoms with E-state index in [4.69, 9.17) is 9.31 Å². The average molecular weight is 205 g/mol. The molecule has 0 unspecified atom stereocenters. The van der Waals surface area contributed by atoms with Crippen molar-refractivity contribution >= 4 is 13.7 Å². The highest BCUT2D eigenvalue weighted by atomic mass is 16.6. The van der Waals surface area contributed by atoms with Gasteiger partial charge in [0.25, 0.3) is 0 Å². The number of methoxy groups -OCH3 is 1. The van der Waals surface area contributed by atoms with Crippen LogP contribution in [0.5, 0.6) is 5.75 Å². The van der Waals surface area contributed by atoms with E-state index in [1.165, 1.54) is 13.4 Å². The highest BCUT2D eigenvalue weighted by Crippen LogP contribution is 2.06. The first-order valence-electron chi connectivity index (χ1n) is 4.26. The largest absolute Gasteiger partial charge is 0.657 e. The standard InChI is InChI=1S/C10H10BO4/c1-13-10(12)7-8-14-11-15-9-5-3-2-4-6-9/h2-8H,1H3. The maximum Gasteiger partial charge on any atom is 0.657 e. The van der Waals surface area contributed by atoms with Gasteiger partial charge < -0.3 is 14.0 Å². The van der Waals surface area contributed by atoms with Gasteiger partial charge in [0.2, 0.25) is 0 Å². The Balaban J connectivity index is 2.17. The summed E-state index contributed by atoms with van der Waals surface area (Å²) in [4.78, 5) is 10.6. The molecule has 0 aliphatic heterocycles. The third-order valence-corrected chi connectivity index (χ3v) is 1.47. The van der Waals surface area contributed by atoms with Gasteiger partial charge in [-0.05, 0) is 12.1 Å². The van der Waals surface area contributed by atoms with Crippen molar-refractivity contribution in [3.05, 3.63) is 42.7 Å². The molecule has 0 fully saturated rings. The first-order valence-corrected chi connectivity index (χ1v) is 4.26. The number of benzene rings is 1. The number of carbonyl (C=O) groups is 1. The molecule has 0 aromatic heterocycles. The Kier molecular flexibility index (Phi) is 4.87. The smallest absolute Gasteiger partial charge is 0.532 e. The van der Waals surface area contributed by atoms with Gasteiger partial charge in [0.15, 0.2) is 0 Å². The minimum atomic E-state index is -0.483. The molecule has 0 saturated heterocycles. The summed E-state index contributed by atoms with van der Waals surface area (Å²) in [5, 5.41) is 0. The van der Waals surface area contributed by atoms with Crippen LogP contribution in [0.15, 0.2) is 42.7 Å². The molecule has 4 nitrogen and oxygen atoms in total. The first-order chi connectivity index (χ1) is 7.33. The van der Waals surface area contributed by atoms with E-state index in [0.717, 1.165) is 13.8 Å². The van der Waals surface area contributed by atoms with Gasteiger partial charge in [-0.1, -0.05) is 18.2 Å². The summed E-state index contributed by atoms with van der Waals surface area (Å²) in [6, 6.07) is 9.12. The molecule has 0 saturated carbocycles. The minimum absolute atomic E-state index is 0.483. The first kappa shape index (κ1) is 11.2. The second-order valence-corrected chi connectivity index (χ2v) is 2.49. The maximum atomic E-state index is 10.6. The second kappa shape index (κ2) is 6.53. The molecule has 5 heteroatoms. The molecular formula is C10H10BO4. The molecule has 0 bridgehead atoms. The van der Waals surface area contributed by atoms with Crippen LogP contribution in [-0.2, 0) is 14.2 Å². The number of para-hydroxylation sites is 1. The Morgan fingerprint density at radius 2 is 2.07 bits per heavy atom. The molecule has 0 aliphatic rings. The molecule has 0 heterocycles. The van der Waals surface area contributed by atoms with E-state index in [9.17, 15) is 4.79 Å². The van der Waals surface area contributed by atoms with Crippen LogP contribution in [0, 0.1) is 0 Å². The van der Waals surface area contributed by atoms with Crippen LogP contribution >= 0.6 is 0 Å². The van der Waals surface area contributed by atoms with Gasteiger partial charge in [0.1, 0.15) is 5.75 Å². The van der Waals surface area contributed by atoms with Crippen molar-refractivity contribution in [1.29, 1.82) is 0 Å². The zero-order chi connectivity index (χ0) is 10.9. The molecule has 15 heavy (non-hydrogen) atoms. The summed E-state index contributed by atoms with van der Waals surface area (Å²) in [5.41, 5.74) is 0. The molecule has 0 spiro atoms. The fraction of sp³-hybridized carbons (Fsp3) is 0.100. The molecule has 0 amide bonds. The Bertz CT molecular complexity index is 323. The van der Waals surface area contributed by atoms with E-state index in [1.54, 1.807) is 12.1 Å². The second-order valence-electron chi connectivity index (χ2n) is 2.49. The Morgan fingerprint density at radius 3 is 2.73 bits per heavy atom. The zero-order valence-corrected chi connectivity index (χ0v) is 8.25. The quantitative estimate of drug-likeness (QED) is 0.239. The van der Waals surface area contributed by atoms with Gasteiger partial charge in [-0.3, -0.25) is 0 Å². The monoisotopic (exact) mass is 205 g/mol. The highest BCUT2D eigenvalue weighted by molar-refractivity contribution is 6.19. The van der Waals surface area contributed by atoms with Crippen LogP contribution in [0.2, 0.25) is 0 Å². The predicted molar refractivity (Wildman–Crippen MR) is 55.1 cm³/mol. The minimum Gasteiger partial charge on any atom is -0.532 e. The van der Waals surface area contributed by atoms with Gasteiger partial charge >= 0.3 is 13.7 Å². The molecule has 1 radical (unpaired) electrons. The Hall–Kier alpha value is -1.91. The topological polar surface area (TPSA) is 44.8 Å². The number of carbonyl (C=O) groups excluding carboxylic acids is 1. The number of rotatable bonds is 5. The third-order valence-electron chi connectivity index (χ3n) is 1.47. The van der Waals surface area contributed by atoms with Crippen LogP contribution < -0.4 is 4.65 Å². The van der Waals surface area contributed by atoms with Crippen molar-refractivity contribution in [2.45, 2.75) is 0 Å². The lowest BCUT2D eigenvalue weighted by Crippen LogP contribution is -2.04. The van der Waals surface area contributed by atoms with E-state index < -0.39 is 5.97 Å². The summed E-state index contributed by atoms with van der Waals surface area (Å²) in [6.45, 7) is 0. The number of esters is 1. The average Bonchev–Trinajstić information content (AvgIpc) is 2.29. The molecule has 1 aromatic carbocycles. The molecule has 0 N–H and O–H groups in total. The van der Waals surface area contributed by atoms with E-state index in [0.29, 0.717) is 5.75 Å². The fourth-order valence-electron chi connectivity index (χ4n) is 0.777. The summed E-state index contributed by atoms with van der Waals surface area (Å²) in [5.74, 6) is 0.173. The SMILES string of the molecule is COC(=O)C=CO[B]Oc1ccccc1. The summed E-state index contributed by atoms with van der Waals surface area (Å²) >= 11 is 0. The Morgan fingerprint density at radius 1 is 1.33 bits per heavy atom. The lowest BCUT2D eigenvalue weighted by atomic mass is 10.3. The van der Waals surface area contributed by atoms with Crippen LogP contribution in [-0.4, -0.2) is 20.8 Å². The van der Waals surface area contributed by atoms with Gasteiger partial charge in [-0.15, -0.1) is 0 Å². The third kappa shape index (κ3) is 4.76. The molecular weight excluding hydrogens is 195 g/mol. The molecule has 0 aliphatic carbocycles. The lowest BCUT2D eigenvalue weighted by molar-refractivity contribution is -0.134. The zero-order valence-electron chi connectivity index (χ0n) is 8.25. The van der Waals surface area contributed by atoms with Crippen molar-refractivity contribution in [1.82, 2.24) is 0 Å². The Labute approximate surface area is 88.8 Å². The van der Waals surface area contributed by atoms with Gasteiger partial charge in [-0.25, -0.2) is 4.79 Å². The normalized spacial score (nSPS) is 9.67. The van der Waals surface area contributed by atoms with Gasteiger partial charge in [0.05, 0.1) is 19.4 Å². The van der Waals surface area contributed by atoms with E-state index >= 15 is 0 Å². The van der Waals surface area contributed by atoms with Crippen molar-refractivity contribution in [2.75, 3.05) is 7.11 Å². The lowest BCUT2D eigenvalue weighted by Gasteiger charge is -2.01. The van der Waals surface area contributed by atoms with Crippen molar-refractivity contribution < 1.29 is 18.8 Å². The van der Waals surface area contributed by atoms with Crippen LogP contribution in [0.1, 0.15) is 0 Å². The van der Waals surface area contributed by atoms with Crippen LogP contribution in [0.25, 0.3) is 0 Å². The van der Waals surface area contributed by atoms with Gasteiger partial charge in [-0.2, -0.15) is 0 Å². The van der Waals surface area contributed by atoms with Crippen molar-refractivity contribution in [2.24, 2.45) is 0 Å². The van der Waals surface area contributed by atoms with E-state index in [-0.39, 0.29) is 0 Å². The number of hydrogen-bond acceptors (Lipinski definition) is 4. The summed E-state index contributed by atoms with van der Waals surface area (Å²) in [6.07, 6.45) is 2.32. The summed E-state index contributed by atoms with van der Waals surface area (Å²) in [7, 11) is 2.41. The van der Waals surface area contributed by atoms with Crippen LogP contribution in [0.3, 0.4) is 0 Å². The number of hydrogen-bond donors (Lipinski definition) is 0. The van der Waals surface area contributed by atoms with Crippen molar-refractivity contribution in [3.63, 3.8) is 0 Å². The van der Waals surface area contributed by atoms with E-state index in [1.807, 2.05) is 18.2 Å². The van der Waals surface area contributed by atoms with Crippen molar-refractivity contribution in [3.8, 4) is 5.75 Å².